The molecule has 4 nitrogen and oxygen atoms in total. The lowest BCUT2D eigenvalue weighted by atomic mass is 10.2. The van der Waals surface area contributed by atoms with Crippen LogP contribution >= 0.6 is 0 Å². The number of amides is 1. The van der Waals surface area contributed by atoms with Crippen molar-refractivity contribution in [3.63, 3.8) is 0 Å². The summed E-state index contributed by atoms with van der Waals surface area (Å²) in [5, 5.41) is 12.6. The molecule has 0 saturated heterocycles. The van der Waals surface area contributed by atoms with Crippen molar-refractivity contribution in [1.82, 2.24) is 0 Å². The van der Waals surface area contributed by atoms with Gasteiger partial charge in [-0.15, -0.1) is 0 Å². The molecule has 0 unspecified atom stereocenters. The van der Waals surface area contributed by atoms with Gasteiger partial charge in [-0.1, -0.05) is 18.2 Å². The zero-order valence-corrected chi connectivity index (χ0v) is 8.19. The van der Waals surface area contributed by atoms with Crippen molar-refractivity contribution in [3.8, 4) is 0 Å². The van der Waals surface area contributed by atoms with Crippen LogP contribution in [-0.2, 0) is 9.59 Å². The first kappa shape index (κ1) is 11.0. The van der Waals surface area contributed by atoms with Crippen LogP contribution in [0, 0.1) is 6.92 Å². The molecule has 4 heteroatoms. The fourth-order valence-electron chi connectivity index (χ4n) is 1.03. The highest BCUT2D eigenvalue weighted by atomic mass is 16.4. The van der Waals surface area contributed by atoms with E-state index in [-0.39, 0.29) is 0 Å². The summed E-state index contributed by atoms with van der Waals surface area (Å²) in [4.78, 5) is 21.2. The number of hydrogen-bond donors (Lipinski definition) is 1. The Morgan fingerprint density at radius 2 is 1.93 bits per heavy atom. The topological polar surface area (TPSA) is 69.2 Å². The van der Waals surface area contributed by atoms with Crippen LogP contribution in [0.5, 0.6) is 0 Å². The van der Waals surface area contributed by atoms with E-state index in [4.69, 9.17) is 0 Å². The van der Waals surface area contributed by atoms with Crippen molar-refractivity contribution in [2.45, 2.75) is 6.92 Å². The van der Waals surface area contributed by atoms with Crippen LogP contribution in [-0.4, -0.2) is 11.9 Å². The first-order valence-corrected chi connectivity index (χ1v) is 4.35. The highest BCUT2D eigenvalue weighted by Crippen LogP contribution is 2.12. The molecule has 1 aromatic carbocycles. The quantitative estimate of drug-likeness (QED) is 0.717. The molecule has 0 bridgehead atoms. The third-order valence-corrected chi connectivity index (χ3v) is 1.77. The molecule has 1 amide bonds. The Hall–Kier alpha value is -2.10. The van der Waals surface area contributed by atoms with Crippen molar-refractivity contribution in [1.29, 1.82) is 0 Å². The molecule has 0 heterocycles. The second-order valence-electron chi connectivity index (χ2n) is 2.96. The van der Waals surface area contributed by atoms with Crippen molar-refractivity contribution in [2.24, 2.45) is 0 Å². The van der Waals surface area contributed by atoms with Crippen LogP contribution in [0.4, 0.5) is 5.69 Å². The van der Waals surface area contributed by atoms with Gasteiger partial charge in [-0.2, -0.15) is 0 Å². The van der Waals surface area contributed by atoms with Gasteiger partial charge in [-0.05, 0) is 24.6 Å². The third-order valence-electron chi connectivity index (χ3n) is 1.77. The van der Waals surface area contributed by atoms with E-state index < -0.39 is 11.9 Å². The largest absolute Gasteiger partial charge is 0.545 e. The Bertz CT molecular complexity index is 410. The fourth-order valence-corrected chi connectivity index (χ4v) is 1.03. The van der Waals surface area contributed by atoms with Crippen LogP contribution in [0.2, 0.25) is 0 Å². The zero-order valence-electron chi connectivity index (χ0n) is 8.19. The molecule has 0 radical (unpaired) electrons. The number of para-hydroxylation sites is 1. The minimum Gasteiger partial charge on any atom is -0.545 e. The molecule has 0 aliphatic carbocycles. The Labute approximate surface area is 87.2 Å². The number of carboxylic acids is 1. The molecule has 78 valence electrons. The van der Waals surface area contributed by atoms with E-state index in [2.05, 4.69) is 5.32 Å². The smallest absolute Gasteiger partial charge is 0.248 e. The van der Waals surface area contributed by atoms with Gasteiger partial charge in [0.1, 0.15) is 0 Å². The Morgan fingerprint density at radius 3 is 2.53 bits per heavy atom. The highest BCUT2D eigenvalue weighted by Gasteiger charge is 1.99. The summed E-state index contributed by atoms with van der Waals surface area (Å²) in [5.74, 6) is -1.89. The number of benzene rings is 1. The molecular weight excluding hydrogens is 194 g/mol. The van der Waals surface area contributed by atoms with E-state index >= 15 is 0 Å². The normalized spacial score (nSPS) is 10.2. The summed E-state index contributed by atoms with van der Waals surface area (Å²) < 4.78 is 0. The molecule has 0 saturated carbocycles. The molecule has 0 aliphatic heterocycles. The average molecular weight is 204 g/mol. The summed E-state index contributed by atoms with van der Waals surface area (Å²) in [5.41, 5.74) is 1.57. The molecule has 0 aliphatic rings. The number of anilines is 1. The number of carbonyl (C=O) groups excluding carboxylic acids is 2. The lowest BCUT2D eigenvalue weighted by molar-refractivity contribution is -0.297. The van der Waals surface area contributed by atoms with Gasteiger partial charge >= 0.3 is 0 Å². The van der Waals surface area contributed by atoms with E-state index in [9.17, 15) is 14.7 Å². The average Bonchev–Trinajstić information content (AvgIpc) is 2.18. The second-order valence-corrected chi connectivity index (χ2v) is 2.96. The van der Waals surface area contributed by atoms with E-state index in [0.717, 1.165) is 11.6 Å². The second kappa shape index (κ2) is 4.95. The monoisotopic (exact) mass is 204 g/mol. The van der Waals surface area contributed by atoms with Gasteiger partial charge in [0, 0.05) is 11.8 Å². The molecule has 1 rings (SSSR count). The van der Waals surface area contributed by atoms with Crippen LogP contribution < -0.4 is 10.4 Å². The Morgan fingerprint density at radius 1 is 1.27 bits per heavy atom. The Balaban J connectivity index is 2.67. The number of carbonyl (C=O) groups is 2. The van der Waals surface area contributed by atoms with Crippen LogP contribution in [0.1, 0.15) is 5.56 Å². The minimum atomic E-state index is -1.39. The molecule has 1 N–H and O–H groups in total. The summed E-state index contributed by atoms with van der Waals surface area (Å²) >= 11 is 0. The fraction of sp³-hybridized carbons (Fsp3) is 0.0909. The molecule has 1 aromatic rings. The van der Waals surface area contributed by atoms with Gasteiger partial charge < -0.3 is 15.2 Å². The first-order chi connectivity index (χ1) is 7.09. The lowest BCUT2D eigenvalue weighted by Crippen LogP contribution is -2.20. The van der Waals surface area contributed by atoms with E-state index in [1.54, 1.807) is 12.1 Å². The first-order valence-electron chi connectivity index (χ1n) is 4.35. The predicted molar refractivity (Wildman–Crippen MR) is 54.0 cm³/mol. The predicted octanol–water partition coefficient (Wildman–Crippen LogP) is 0.240. The van der Waals surface area contributed by atoms with Gasteiger partial charge in [-0.25, -0.2) is 0 Å². The maximum atomic E-state index is 11.2. The van der Waals surface area contributed by atoms with Crippen molar-refractivity contribution in [2.75, 3.05) is 5.32 Å². The molecule has 0 spiro atoms. The zero-order chi connectivity index (χ0) is 11.3. The molecule has 15 heavy (non-hydrogen) atoms. The summed E-state index contributed by atoms with van der Waals surface area (Å²) in [7, 11) is 0. The van der Waals surface area contributed by atoms with E-state index in [0.29, 0.717) is 11.8 Å². The molecule has 0 fully saturated rings. The van der Waals surface area contributed by atoms with Crippen molar-refractivity contribution in [3.05, 3.63) is 42.0 Å². The van der Waals surface area contributed by atoms with Gasteiger partial charge in [0.2, 0.25) is 5.91 Å². The standard InChI is InChI=1S/C11H11NO3/c1-8-4-2-3-5-9(8)12-10(13)6-7-11(14)15/h2-7H,1H3,(H,12,13)(H,14,15)/p-1/b7-6-. The van der Waals surface area contributed by atoms with Gasteiger partial charge in [0.05, 0.1) is 5.97 Å². The maximum absolute atomic E-state index is 11.2. The Kier molecular flexibility index (Phi) is 3.62. The summed E-state index contributed by atoms with van der Waals surface area (Å²) in [6, 6.07) is 7.21. The third kappa shape index (κ3) is 3.64. The summed E-state index contributed by atoms with van der Waals surface area (Å²) in [6.07, 6.45) is 1.61. The number of aliphatic carboxylic acids is 1. The number of aryl methyl sites for hydroxylation is 1. The lowest BCUT2D eigenvalue weighted by Gasteiger charge is -2.05. The summed E-state index contributed by atoms with van der Waals surface area (Å²) in [6.45, 7) is 1.85. The van der Waals surface area contributed by atoms with E-state index in [1.807, 2.05) is 19.1 Å². The van der Waals surface area contributed by atoms with Gasteiger partial charge in [-0.3, -0.25) is 4.79 Å². The highest BCUT2D eigenvalue weighted by molar-refractivity contribution is 6.02. The number of nitrogens with one attached hydrogen (secondary N) is 1. The SMILES string of the molecule is Cc1ccccc1NC(=O)/C=C\C(=O)[O-]. The molecule has 0 atom stereocenters. The molecule has 0 aromatic heterocycles. The van der Waals surface area contributed by atoms with Crippen LogP contribution in [0.15, 0.2) is 36.4 Å². The van der Waals surface area contributed by atoms with Gasteiger partial charge in [0.25, 0.3) is 0 Å². The van der Waals surface area contributed by atoms with Crippen LogP contribution in [0.3, 0.4) is 0 Å². The van der Waals surface area contributed by atoms with Crippen LogP contribution in [0.25, 0.3) is 0 Å². The minimum absolute atomic E-state index is 0.492. The molecular formula is C11H10NO3-. The maximum Gasteiger partial charge on any atom is 0.248 e. The number of carboxylic acid groups (broad SMARTS) is 1. The van der Waals surface area contributed by atoms with E-state index in [1.165, 1.54) is 0 Å². The van der Waals surface area contributed by atoms with Gasteiger partial charge in [0.15, 0.2) is 0 Å². The van der Waals surface area contributed by atoms with Crippen molar-refractivity contribution >= 4 is 17.6 Å². The van der Waals surface area contributed by atoms with Crippen molar-refractivity contribution < 1.29 is 14.7 Å². The number of hydrogen-bond acceptors (Lipinski definition) is 3. The number of rotatable bonds is 3.